The molecule has 19 nitrogen and oxygen atoms in total. The minimum Gasteiger partial charge on any atom is -0.492 e. The van der Waals surface area contributed by atoms with E-state index in [4.69, 9.17) is 18.9 Å². The van der Waals surface area contributed by atoms with Crippen LogP contribution in [0.1, 0.15) is 88.2 Å². The highest BCUT2D eigenvalue weighted by molar-refractivity contribution is 6.08. The maximum absolute atomic E-state index is 16.7. The normalized spacial score (nSPS) is 20.4. The van der Waals surface area contributed by atoms with Crippen molar-refractivity contribution in [2.24, 2.45) is 5.92 Å². The molecule has 0 saturated carbocycles. The number of aromatic nitrogens is 7. The van der Waals surface area contributed by atoms with Gasteiger partial charge in [-0.1, -0.05) is 36.6 Å². The predicted octanol–water partition coefficient (Wildman–Crippen LogP) is 7.72. The number of hydrogen-bond donors (Lipinski definition) is 6. The molecule has 13 rings (SSSR count). The highest BCUT2D eigenvalue weighted by atomic mass is 19.1. The molecule has 3 atom stereocenters. The average molecular weight is 1010 g/mol. The number of aromatic amines is 2. The summed E-state index contributed by atoms with van der Waals surface area (Å²) < 4.78 is 58.8. The van der Waals surface area contributed by atoms with Crippen LogP contribution >= 0.6 is 0 Å². The van der Waals surface area contributed by atoms with E-state index in [2.05, 4.69) is 51.5 Å². The number of aryl methyl sites for hydroxylation is 1. The van der Waals surface area contributed by atoms with Crippen LogP contribution in [0.15, 0.2) is 79.5 Å². The number of pyridine rings is 2. The second kappa shape index (κ2) is 19.5. The van der Waals surface area contributed by atoms with E-state index in [1.165, 1.54) is 25.3 Å². The van der Waals surface area contributed by atoms with Crippen LogP contribution in [-0.4, -0.2) is 104 Å². The minimum absolute atomic E-state index is 0.0336. The van der Waals surface area contributed by atoms with Crippen molar-refractivity contribution < 1.29 is 42.1 Å². The van der Waals surface area contributed by atoms with Gasteiger partial charge in [-0.05, 0) is 49.2 Å². The van der Waals surface area contributed by atoms with Crippen molar-refractivity contribution >= 4 is 40.5 Å². The standard InChI is InChI=1S/C53H52F2N12O7/c1-71-50-34(54)9-6-11-36(50)60-49-43-45-29(20-59-53(43)70)18-41(68)66-23-30(24-66)40(27-73-39-22-57-16-14-33(39)47(49)63-45)74-51-35(55)10-7-12-37(51)61-48-42-44-28(19-58-52(42)69)8-4-2-3-5-17-67-25-31(64-65-67)26-72-38-21-56-15-13-32(38)46(48)62-44/h6-7,9-16,21-22,25,28-30,40,60-63H,2-5,8,17-20,23-24,26-27H2,1H3,(H,58,69)(H,59,70). The lowest BCUT2D eigenvalue weighted by Gasteiger charge is -2.43. The Bertz CT molecular complexity index is 3310. The van der Waals surface area contributed by atoms with Gasteiger partial charge in [0, 0.05) is 91.8 Å². The van der Waals surface area contributed by atoms with Crippen LogP contribution in [-0.2, 0) is 17.9 Å². The maximum Gasteiger partial charge on any atom is 0.255 e. The molecule has 2 aromatic carbocycles. The SMILES string of the molecule is COc1c(F)cccc1Nc1c2[nH]c3c1C(=O)NCC3CC(=O)N1CC(C1)C(Oc1c(F)cccc1Nc1c3[nH]c4c1C(=O)NCC4CCCCCCn1cc(nn1)COc1cnccc1-3)COc1cnccc1-2. The minimum atomic E-state index is -0.830. The Balaban J connectivity index is 0.911. The average Bonchev–Trinajstić information content (AvgIpc) is 4.12. The Hall–Kier alpha value is -8.49. The Labute approximate surface area is 422 Å². The Morgan fingerprint density at radius 3 is 2.05 bits per heavy atom. The van der Waals surface area contributed by atoms with Crippen molar-refractivity contribution in [3.8, 4) is 45.5 Å². The molecule has 1 fully saturated rings. The van der Waals surface area contributed by atoms with E-state index in [1.807, 2.05) is 10.9 Å². The molecule has 7 aromatic rings. The fourth-order valence-corrected chi connectivity index (χ4v) is 10.8. The molecule has 74 heavy (non-hydrogen) atoms. The van der Waals surface area contributed by atoms with Crippen molar-refractivity contribution in [2.75, 3.05) is 50.5 Å². The molecular formula is C53H52F2N12O7. The van der Waals surface area contributed by atoms with Crippen LogP contribution in [0.3, 0.4) is 0 Å². The molecule has 0 radical (unpaired) electrons. The summed E-state index contributed by atoms with van der Waals surface area (Å²) in [5, 5.41) is 21.4. The number of hydrogen-bond acceptors (Lipinski definition) is 13. The van der Waals surface area contributed by atoms with E-state index in [0.29, 0.717) is 68.9 Å². The van der Waals surface area contributed by atoms with Gasteiger partial charge in [0.25, 0.3) is 11.8 Å². The number of carbonyl (C=O) groups excluding carboxylic acids is 3. The number of carbonyl (C=O) groups is 3. The topological polar surface area (TPSA) is 228 Å². The number of H-pyrrole nitrogens is 2. The van der Waals surface area contributed by atoms with Crippen LogP contribution in [0, 0.1) is 17.6 Å². The van der Waals surface area contributed by atoms with Gasteiger partial charge in [-0.25, -0.2) is 8.78 Å². The van der Waals surface area contributed by atoms with Crippen LogP contribution in [0.25, 0.3) is 22.5 Å². The molecule has 21 heteroatoms. The number of amides is 3. The first-order valence-corrected chi connectivity index (χ1v) is 24.9. The number of para-hydroxylation sites is 2. The Kier molecular flexibility index (Phi) is 12.3. The van der Waals surface area contributed by atoms with Gasteiger partial charge < -0.3 is 55.1 Å². The molecule has 380 valence electrons. The second-order valence-corrected chi connectivity index (χ2v) is 19.3. The monoisotopic (exact) mass is 1010 g/mol. The molecule has 11 heterocycles. The molecule has 3 amide bonds. The van der Waals surface area contributed by atoms with Gasteiger partial charge in [0.15, 0.2) is 23.1 Å². The lowest BCUT2D eigenvalue weighted by molar-refractivity contribution is -0.141. The number of methoxy groups -OCH3 is 1. The summed E-state index contributed by atoms with van der Waals surface area (Å²) in [5.41, 5.74) is 5.90. The molecule has 6 aliphatic rings. The summed E-state index contributed by atoms with van der Waals surface area (Å²) in [6.45, 7) is 1.97. The Morgan fingerprint density at radius 1 is 0.743 bits per heavy atom. The van der Waals surface area contributed by atoms with E-state index < -0.39 is 23.7 Å². The zero-order chi connectivity index (χ0) is 50.5. The van der Waals surface area contributed by atoms with Crippen LogP contribution in [0.2, 0.25) is 0 Å². The quantitative estimate of drug-likeness (QED) is 0.0900. The largest absolute Gasteiger partial charge is 0.492 e. The van der Waals surface area contributed by atoms with E-state index in [0.717, 1.165) is 44.3 Å². The number of rotatable bonds is 7. The fourth-order valence-electron chi connectivity index (χ4n) is 10.8. The first-order valence-electron chi connectivity index (χ1n) is 24.9. The van der Waals surface area contributed by atoms with Crippen LogP contribution in [0.4, 0.5) is 31.5 Å². The van der Waals surface area contributed by atoms with E-state index in [-0.39, 0.29) is 97.3 Å². The molecule has 5 aromatic heterocycles. The van der Waals surface area contributed by atoms with Gasteiger partial charge in [-0.3, -0.25) is 29.0 Å². The van der Waals surface area contributed by atoms with E-state index in [9.17, 15) is 14.4 Å². The number of nitrogens with zero attached hydrogens (tertiary/aromatic N) is 6. The number of halogens is 2. The maximum atomic E-state index is 16.7. The van der Waals surface area contributed by atoms with Crippen molar-refractivity contribution in [2.45, 2.75) is 69.6 Å². The number of ether oxygens (including phenoxy) is 4. The highest BCUT2D eigenvalue weighted by Gasteiger charge is 2.42. The molecule has 6 aliphatic heterocycles. The zero-order valence-corrected chi connectivity index (χ0v) is 40.3. The van der Waals surface area contributed by atoms with Gasteiger partial charge in [0.05, 0.1) is 71.0 Å². The van der Waals surface area contributed by atoms with Gasteiger partial charge in [0.2, 0.25) is 5.91 Å². The predicted molar refractivity (Wildman–Crippen MR) is 266 cm³/mol. The zero-order valence-electron chi connectivity index (χ0n) is 40.3. The van der Waals surface area contributed by atoms with Gasteiger partial charge in [-0.15, -0.1) is 5.10 Å². The van der Waals surface area contributed by atoms with Crippen molar-refractivity contribution in [3.05, 3.63) is 119 Å². The molecule has 6 N–H and O–H groups in total. The third-order valence-corrected chi connectivity index (χ3v) is 14.6. The van der Waals surface area contributed by atoms with E-state index in [1.54, 1.807) is 60.0 Å². The summed E-state index contributed by atoms with van der Waals surface area (Å²) in [5.74, 6) is -2.32. The summed E-state index contributed by atoms with van der Waals surface area (Å²) in [6, 6.07) is 12.5. The summed E-state index contributed by atoms with van der Waals surface area (Å²) in [6.07, 6.45) is 12.2. The van der Waals surface area contributed by atoms with Gasteiger partial charge in [-0.2, -0.15) is 0 Å². The smallest absolute Gasteiger partial charge is 0.255 e. The molecule has 0 spiro atoms. The lowest BCUT2D eigenvalue weighted by atomic mass is 9.90. The number of anilines is 4. The van der Waals surface area contributed by atoms with E-state index >= 15 is 8.78 Å². The number of nitrogens with one attached hydrogen (secondary N) is 6. The Morgan fingerprint density at radius 2 is 1.36 bits per heavy atom. The van der Waals surface area contributed by atoms with Gasteiger partial charge >= 0.3 is 0 Å². The van der Waals surface area contributed by atoms with Crippen LogP contribution in [0.5, 0.6) is 23.0 Å². The first kappa shape index (κ1) is 46.6. The second-order valence-electron chi connectivity index (χ2n) is 19.3. The molecule has 3 unspecified atom stereocenters. The molecule has 0 aliphatic carbocycles. The lowest BCUT2D eigenvalue weighted by Crippen LogP contribution is -2.57. The fraction of sp³-hybridized carbons (Fsp3) is 0.340. The summed E-state index contributed by atoms with van der Waals surface area (Å²) in [7, 11) is 1.36. The number of benzene rings is 2. The third kappa shape index (κ3) is 8.64. The number of fused-ring (bicyclic) bond motifs is 8. The summed E-state index contributed by atoms with van der Waals surface area (Å²) >= 11 is 0. The van der Waals surface area contributed by atoms with Crippen molar-refractivity contribution in [3.63, 3.8) is 0 Å². The van der Waals surface area contributed by atoms with Gasteiger partial charge in [0.1, 0.15) is 36.5 Å². The summed E-state index contributed by atoms with van der Waals surface area (Å²) in [4.78, 5) is 59.6. The molecule has 1 saturated heterocycles. The highest BCUT2D eigenvalue weighted by Crippen LogP contribution is 2.47. The third-order valence-electron chi connectivity index (χ3n) is 14.6. The first-order chi connectivity index (χ1) is 36.2. The van der Waals surface area contributed by atoms with Crippen molar-refractivity contribution in [1.29, 1.82) is 0 Å². The van der Waals surface area contributed by atoms with Crippen LogP contribution < -0.4 is 40.2 Å². The molecule has 8 bridgehead atoms. The van der Waals surface area contributed by atoms with Crippen molar-refractivity contribution in [1.82, 2.24) is 50.5 Å². The molecular weight excluding hydrogens is 955 g/mol.